The van der Waals surface area contributed by atoms with Crippen molar-refractivity contribution in [3.63, 3.8) is 0 Å². The lowest BCUT2D eigenvalue weighted by Crippen LogP contribution is -2.27. The van der Waals surface area contributed by atoms with E-state index in [0.717, 1.165) is 45.5 Å². The number of aromatic nitrogens is 2. The minimum Gasteiger partial charge on any atom is -0.287 e. The Bertz CT molecular complexity index is 2020. The molecule has 5 aromatic rings. The van der Waals surface area contributed by atoms with Crippen molar-refractivity contribution in [1.82, 2.24) is 9.13 Å². The number of carbonyl (C=O) groups excluding carboxylic acids is 2. The van der Waals surface area contributed by atoms with Crippen LogP contribution in [0, 0.1) is 41.5 Å². The number of hydrogen-bond acceptors (Lipinski definition) is 4. The second-order valence-corrected chi connectivity index (χ2v) is 11.7. The zero-order valence-electron chi connectivity index (χ0n) is 26.1. The second kappa shape index (κ2) is 11.2. The third-order valence-electron chi connectivity index (χ3n) is 8.12. The lowest BCUT2D eigenvalue weighted by molar-refractivity contribution is -0.137. The van der Waals surface area contributed by atoms with Crippen LogP contribution >= 0.6 is 0 Å². The highest BCUT2D eigenvalue weighted by Gasteiger charge is 2.39. The van der Waals surface area contributed by atoms with E-state index in [1.165, 1.54) is 12.1 Å². The van der Waals surface area contributed by atoms with E-state index in [0.29, 0.717) is 11.4 Å². The maximum absolute atomic E-state index is 14.4. The zero-order chi connectivity index (χ0) is 33.1. The minimum absolute atomic E-state index is 0.139. The Balaban J connectivity index is 1.74. The predicted octanol–water partition coefficient (Wildman–Crippen LogP) is 8.51. The van der Waals surface area contributed by atoms with Crippen molar-refractivity contribution in [2.75, 3.05) is 0 Å². The summed E-state index contributed by atoms with van der Waals surface area (Å²) in [7, 11) is 0. The van der Waals surface area contributed by atoms with Crippen LogP contribution < -0.4 is 5.62 Å². The SMILES string of the molecule is Cc1cc(C)c(-n2c3c(n(-c4c(C)cc(C)cc4C)c2=NN=Nc2ccc(C(F)(F)F)cc2)C(=O)c2ccccc2C3=O)c(C)c1. The van der Waals surface area contributed by atoms with Gasteiger partial charge < -0.3 is 0 Å². The highest BCUT2D eigenvalue weighted by atomic mass is 19.4. The number of benzene rings is 4. The van der Waals surface area contributed by atoms with E-state index in [1.54, 1.807) is 33.4 Å². The van der Waals surface area contributed by atoms with Gasteiger partial charge in [0.25, 0.3) is 0 Å². The highest BCUT2D eigenvalue weighted by molar-refractivity contribution is 6.27. The average molecular weight is 622 g/mol. The molecular weight excluding hydrogens is 591 g/mol. The number of aryl methyl sites for hydroxylation is 6. The third kappa shape index (κ3) is 5.09. The number of ketones is 2. The van der Waals surface area contributed by atoms with Gasteiger partial charge in [0.1, 0.15) is 11.4 Å². The van der Waals surface area contributed by atoms with Crippen molar-refractivity contribution in [3.05, 3.63) is 140 Å². The number of carbonyl (C=O) groups is 2. The van der Waals surface area contributed by atoms with Crippen molar-refractivity contribution in [3.8, 4) is 11.4 Å². The summed E-state index contributed by atoms with van der Waals surface area (Å²) in [6, 6.07) is 18.9. The molecule has 1 aromatic heterocycles. The molecule has 10 heteroatoms. The number of alkyl halides is 3. The van der Waals surface area contributed by atoms with Gasteiger partial charge in [-0.25, -0.2) is 0 Å². The minimum atomic E-state index is -4.49. The molecule has 46 heavy (non-hydrogen) atoms. The van der Waals surface area contributed by atoms with Gasteiger partial charge in [0.15, 0.2) is 0 Å². The molecule has 0 spiro atoms. The molecule has 0 unspecified atom stereocenters. The van der Waals surface area contributed by atoms with Crippen LogP contribution in [-0.4, -0.2) is 20.7 Å². The Morgan fingerprint density at radius 1 is 0.609 bits per heavy atom. The average Bonchev–Trinajstić information content (AvgIpc) is 3.29. The van der Waals surface area contributed by atoms with Gasteiger partial charge in [0.05, 0.1) is 22.6 Å². The Morgan fingerprint density at radius 2 is 1.02 bits per heavy atom. The molecule has 4 aromatic carbocycles. The monoisotopic (exact) mass is 621 g/mol. The van der Waals surface area contributed by atoms with Gasteiger partial charge in [-0.1, -0.05) is 64.8 Å². The molecule has 0 N–H and O–H groups in total. The number of fused-ring (bicyclic) bond motifs is 2. The first kappa shape index (κ1) is 30.6. The number of imidazole rings is 1. The van der Waals surface area contributed by atoms with Crippen molar-refractivity contribution in [2.45, 2.75) is 47.7 Å². The van der Waals surface area contributed by atoms with E-state index >= 15 is 0 Å². The smallest absolute Gasteiger partial charge is 0.287 e. The topological polar surface area (TPSA) is 81.1 Å². The van der Waals surface area contributed by atoms with Crippen molar-refractivity contribution in [2.24, 2.45) is 15.4 Å². The molecule has 7 nitrogen and oxygen atoms in total. The normalized spacial score (nSPS) is 12.9. The maximum Gasteiger partial charge on any atom is 0.416 e. The summed E-state index contributed by atoms with van der Waals surface area (Å²) < 4.78 is 42.7. The highest BCUT2D eigenvalue weighted by Crippen LogP contribution is 2.34. The van der Waals surface area contributed by atoms with Crippen molar-refractivity contribution in [1.29, 1.82) is 0 Å². The van der Waals surface area contributed by atoms with Crippen LogP contribution in [-0.2, 0) is 6.18 Å². The van der Waals surface area contributed by atoms with Gasteiger partial charge in [0.2, 0.25) is 17.2 Å². The van der Waals surface area contributed by atoms with E-state index in [4.69, 9.17) is 0 Å². The van der Waals surface area contributed by atoms with Gasteiger partial charge >= 0.3 is 6.18 Å². The third-order valence-corrected chi connectivity index (χ3v) is 8.12. The first-order chi connectivity index (χ1) is 21.8. The molecule has 0 radical (unpaired) electrons. The van der Waals surface area contributed by atoms with E-state index in [9.17, 15) is 22.8 Å². The van der Waals surface area contributed by atoms with E-state index in [1.807, 2.05) is 65.8 Å². The summed E-state index contributed by atoms with van der Waals surface area (Å²) in [6.45, 7) is 11.6. The first-order valence-corrected chi connectivity index (χ1v) is 14.6. The number of rotatable bonds is 4. The van der Waals surface area contributed by atoms with Gasteiger partial charge in [-0.05, 0) is 93.3 Å². The fourth-order valence-corrected chi connectivity index (χ4v) is 6.46. The van der Waals surface area contributed by atoms with Crippen LogP contribution in [0.5, 0.6) is 0 Å². The standard InChI is InChI=1S/C36H30F3N5O2/c1-19-15-21(3)29(22(4)16-19)43-31-32(34(46)28-10-8-7-9-27(28)33(31)45)44(30-23(5)17-20(2)18-24(30)6)35(43)41-42-40-26-13-11-25(12-14-26)36(37,38)39/h7-18H,1-6H3. The van der Waals surface area contributed by atoms with Gasteiger partial charge in [-0.2, -0.15) is 13.2 Å². The molecular formula is C36H30F3N5O2. The van der Waals surface area contributed by atoms with E-state index < -0.39 is 11.7 Å². The van der Waals surface area contributed by atoms with Crippen LogP contribution in [0.4, 0.5) is 18.9 Å². The Hall–Kier alpha value is -5.38. The van der Waals surface area contributed by atoms with Gasteiger partial charge in [0, 0.05) is 11.1 Å². The molecule has 1 aliphatic carbocycles. The summed E-state index contributed by atoms with van der Waals surface area (Å²) >= 11 is 0. The summed E-state index contributed by atoms with van der Waals surface area (Å²) in [4.78, 5) is 28.8. The lowest BCUT2D eigenvalue weighted by Gasteiger charge is -2.19. The van der Waals surface area contributed by atoms with Crippen LogP contribution in [0.1, 0.15) is 71.0 Å². The van der Waals surface area contributed by atoms with Crippen molar-refractivity contribution < 1.29 is 22.8 Å². The molecule has 232 valence electrons. The fourth-order valence-electron chi connectivity index (χ4n) is 6.46. The molecule has 0 saturated heterocycles. The summed E-state index contributed by atoms with van der Waals surface area (Å²) in [5.41, 5.74) is 7.05. The quantitative estimate of drug-likeness (QED) is 0.146. The zero-order valence-corrected chi connectivity index (χ0v) is 26.1. The van der Waals surface area contributed by atoms with Crippen LogP contribution in [0.2, 0.25) is 0 Å². The summed E-state index contributed by atoms with van der Waals surface area (Å²) in [5, 5.41) is 12.7. The maximum atomic E-state index is 14.4. The Kier molecular flexibility index (Phi) is 7.46. The number of nitrogens with zero attached hydrogens (tertiary/aromatic N) is 5. The molecule has 0 fully saturated rings. The molecule has 0 amide bonds. The lowest BCUT2D eigenvalue weighted by atomic mass is 9.89. The largest absolute Gasteiger partial charge is 0.416 e. The fraction of sp³-hybridized carbons (Fsp3) is 0.194. The molecule has 0 saturated carbocycles. The Morgan fingerprint density at radius 3 is 1.41 bits per heavy atom. The van der Waals surface area contributed by atoms with Crippen LogP contribution in [0.3, 0.4) is 0 Å². The van der Waals surface area contributed by atoms with E-state index in [-0.39, 0.29) is 45.4 Å². The molecule has 0 aliphatic heterocycles. The Labute approximate surface area is 263 Å². The summed E-state index contributed by atoms with van der Waals surface area (Å²) in [6.07, 6.45) is -4.49. The summed E-state index contributed by atoms with van der Waals surface area (Å²) in [5.74, 6) is -0.691. The molecule has 1 aliphatic rings. The molecule has 6 rings (SSSR count). The van der Waals surface area contributed by atoms with Gasteiger partial charge in [-0.3, -0.25) is 18.7 Å². The predicted molar refractivity (Wildman–Crippen MR) is 168 cm³/mol. The van der Waals surface area contributed by atoms with Crippen molar-refractivity contribution >= 4 is 17.3 Å². The van der Waals surface area contributed by atoms with E-state index in [2.05, 4.69) is 15.4 Å². The second-order valence-electron chi connectivity index (χ2n) is 11.7. The molecule has 1 heterocycles. The molecule has 0 atom stereocenters. The van der Waals surface area contributed by atoms with Crippen LogP contribution in [0.25, 0.3) is 11.4 Å². The first-order valence-electron chi connectivity index (χ1n) is 14.6. The molecule has 0 bridgehead atoms. The number of halogens is 3. The van der Waals surface area contributed by atoms with Gasteiger partial charge in [-0.15, -0.1) is 5.11 Å². The van der Waals surface area contributed by atoms with Crippen LogP contribution in [0.15, 0.2) is 88.2 Å². The number of hydrogen-bond donors (Lipinski definition) is 0.